The van der Waals surface area contributed by atoms with Gasteiger partial charge in [0.25, 0.3) is 23.6 Å². The fraction of sp³-hybridized carbons (Fsp3) is 0.414. The van der Waals surface area contributed by atoms with Gasteiger partial charge in [0, 0.05) is 36.9 Å². The highest BCUT2D eigenvalue weighted by molar-refractivity contribution is 6.31. The number of rotatable bonds is 10. The largest absolute Gasteiger partial charge is 0.534 e. The molecule has 6 rings (SSSR count). The van der Waals surface area contributed by atoms with Crippen LogP contribution in [0.5, 0.6) is 11.5 Å². The fourth-order valence-electron chi connectivity index (χ4n) is 5.73. The van der Waals surface area contributed by atoms with E-state index in [-0.39, 0.29) is 53.6 Å². The van der Waals surface area contributed by atoms with Crippen LogP contribution in [0, 0.1) is 11.6 Å². The van der Waals surface area contributed by atoms with Gasteiger partial charge in [-0.1, -0.05) is 28.3 Å². The summed E-state index contributed by atoms with van der Waals surface area (Å²) in [4.78, 5) is 67.4. The standard InChI is InChI=1S/C29H27Cl2F2N3O9/c30-18-3-1-16(11-20(18)32)42-14-23(37)34-28-7-9-29(10-8-28,35-24(38)15-43-17-2-4-19(31)21(33)12-17)22(13-28)44-27(41)45-36-25(39)5-6-26(36)40/h1-4,11-12,22H,5-10,13-15H2,(H,34,37)(H,35,38)/t22-,28?,29?/m0/s1. The Morgan fingerprint density at radius 2 is 1.33 bits per heavy atom. The van der Waals surface area contributed by atoms with Crippen LogP contribution in [0.4, 0.5) is 13.6 Å². The summed E-state index contributed by atoms with van der Waals surface area (Å²) in [7, 11) is 0. The molecule has 2 aromatic rings. The van der Waals surface area contributed by atoms with Gasteiger partial charge in [0.05, 0.1) is 15.6 Å². The monoisotopic (exact) mass is 669 g/mol. The number of nitrogens with one attached hydrogen (secondary N) is 2. The van der Waals surface area contributed by atoms with Crippen LogP contribution in [0.2, 0.25) is 10.0 Å². The molecule has 0 aromatic heterocycles. The van der Waals surface area contributed by atoms with E-state index in [1.165, 1.54) is 24.3 Å². The molecular weight excluding hydrogens is 643 g/mol. The Hall–Kier alpha value is -4.17. The number of amides is 4. The lowest BCUT2D eigenvalue weighted by molar-refractivity contribution is -0.183. The Morgan fingerprint density at radius 1 is 0.822 bits per heavy atom. The van der Waals surface area contributed by atoms with Crippen LogP contribution >= 0.6 is 23.2 Å². The second-order valence-electron chi connectivity index (χ2n) is 11.0. The summed E-state index contributed by atoms with van der Waals surface area (Å²) in [6.45, 7) is -0.943. The van der Waals surface area contributed by atoms with E-state index < -0.39 is 71.8 Å². The van der Waals surface area contributed by atoms with Crippen LogP contribution in [0.3, 0.4) is 0 Å². The summed E-state index contributed by atoms with van der Waals surface area (Å²) >= 11 is 11.4. The Labute approximate surface area is 265 Å². The number of ether oxygens (including phenoxy) is 3. The third kappa shape index (κ3) is 7.39. The van der Waals surface area contributed by atoms with Gasteiger partial charge in [-0.05, 0) is 49.9 Å². The van der Waals surface area contributed by atoms with E-state index in [4.69, 9.17) is 42.3 Å². The van der Waals surface area contributed by atoms with Crippen molar-refractivity contribution in [2.45, 2.75) is 62.1 Å². The van der Waals surface area contributed by atoms with Crippen LogP contribution in [-0.2, 0) is 28.8 Å². The average Bonchev–Trinajstić information content (AvgIpc) is 3.31. The minimum absolute atomic E-state index is 0.0365. The Morgan fingerprint density at radius 3 is 1.84 bits per heavy atom. The van der Waals surface area contributed by atoms with E-state index in [1.807, 2.05) is 0 Å². The quantitative estimate of drug-likeness (QED) is 0.283. The molecule has 4 aliphatic rings. The van der Waals surface area contributed by atoms with Crippen molar-refractivity contribution >= 4 is 53.0 Å². The van der Waals surface area contributed by atoms with Crippen molar-refractivity contribution in [3.63, 3.8) is 0 Å². The number of halogens is 4. The number of carbonyl (C=O) groups excluding carboxylic acids is 5. The number of carbonyl (C=O) groups is 5. The van der Waals surface area contributed by atoms with Crippen molar-refractivity contribution in [3.8, 4) is 11.5 Å². The van der Waals surface area contributed by atoms with E-state index in [0.717, 1.165) is 12.1 Å². The summed E-state index contributed by atoms with van der Waals surface area (Å²) in [5, 5.41) is 5.90. The summed E-state index contributed by atoms with van der Waals surface area (Å²) in [6, 6.07) is 7.46. The maximum absolute atomic E-state index is 13.8. The summed E-state index contributed by atoms with van der Waals surface area (Å²) < 4.78 is 43.9. The third-order valence-electron chi connectivity index (χ3n) is 8.02. The molecule has 3 aliphatic carbocycles. The highest BCUT2D eigenvalue weighted by Crippen LogP contribution is 2.48. The molecular formula is C29H27Cl2F2N3O9. The molecule has 4 amide bonds. The fourth-order valence-corrected chi connectivity index (χ4v) is 5.97. The Balaban J connectivity index is 1.26. The molecule has 2 bridgehead atoms. The zero-order chi connectivity index (χ0) is 32.4. The Kier molecular flexibility index (Phi) is 9.35. The molecule has 1 atom stereocenters. The van der Waals surface area contributed by atoms with Crippen molar-refractivity contribution in [2.24, 2.45) is 0 Å². The molecule has 2 aromatic carbocycles. The first-order valence-electron chi connectivity index (χ1n) is 13.9. The van der Waals surface area contributed by atoms with Crippen molar-refractivity contribution in [3.05, 3.63) is 58.1 Å². The van der Waals surface area contributed by atoms with Gasteiger partial charge in [-0.15, -0.1) is 0 Å². The number of hydrogen-bond acceptors (Lipinski definition) is 9. The summed E-state index contributed by atoms with van der Waals surface area (Å²) in [5.74, 6) is -3.80. The second-order valence-corrected chi connectivity index (χ2v) is 11.8. The van der Waals surface area contributed by atoms with Gasteiger partial charge in [-0.25, -0.2) is 13.6 Å². The SMILES string of the molecule is O=C(COc1ccc(Cl)c(F)c1)NC12CCC(NC(=O)COc3ccc(Cl)c(F)c3)(CC1)[C@@H](OC(=O)ON1C(=O)CCC1=O)C2. The number of hydrogen-bond donors (Lipinski definition) is 2. The molecule has 0 spiro atoms. The summed E-state index contributed by atoms with van der Waals surface area (Å²) in [6.07, 6.45) is -1.37. The topological polar surface area (TPSA) is 150 Å². The van der Waals surface area contributed by atoms with Gasteiger partial charge in [-0.3, -0.25) is 24.0 Å². The molecule has 240 valence electrons. The maximum atomic E-state index is 13.8. The average molecular weight is 670 g/mol. The van der Waals surface area contributed by atoms with Crippen molar-refractivity contribution in [1.29, 1.82) is 0 Å². The number of imide groups is 1. The van der Waals surface area contributed by atoms with E-state index in [2.05, 4.69) is 10.6 Å². The molecule has 16 heteroatoms. The van der Waals surface area contributed by atoms with Crippen molar-refractivity contribution < 1.29 is 51.8 Å². The van der Waals surface area contributed by atoms with Crippen LogP contribution in [-0.4, -0.2) is 65.2 Å². The number of nitrogens with zero attached hydrogens (tertiary/aromatic N) is 1. The zero-order valence-electron chi connectivity index (χ0n) is 23.5. The molecule has 1 saturated heterocycles. The number of benzene rings is 2. The molecule has 45 heavy (non-hydrogen) atoms. The molecule has 4 fully saturated rings. The lowest BCUT2D eigenvalue weighted by Gasteiger charge is -2.56. The van der Waals surface area contributed by atoms with E-state index in [1.54, 1.807) is 0 Å². The number of hydroxylamine groups is 2. The molecule has 12 nitrogen and oxygen atoms in total. The van der Waals surface area contributed by atoms with E-state index in [9.17, 15) is 32.8 Å². The van der Waals surface area contributed by atoms with Gasteiger partial charge in [-0.2, -0.15) is 0 Å². The normalized spacial score (nSPS) is 23.8. The first kappa shape index (κ1) is 32.2. The molecule has 0 unspecified atom stereocenters. The molecule has 2 N–H and O–H groups in total. The van der Waals surface area contributed by atoms with Crippen LogP contribution < -0.4 is 20.1 Å². The molecule has 1 heterocycles. The lowest BCUT2D eigenvalue weighted by Crippen LogP contribution is -2.71. The van der Waals surface area contributed by atoms with Gasteiger partial charge in [0.15, 0.2) is 13.2 Å². The van der Waals surface area contributed by atoms with Crippen LogP contribution in [0.25, 0.3) is 0 Å². The zero-order valence-corrected chi connectivity index (χ0v) is 25.1. The molecule has 1 aliphatic heterocycles. The second kappa shape index (κ2) is 13.1. The minimum atomic E-state index is -1.34. The molecule has 0 radical (unpaired) electrons. The van der Waals surface area contributed by atoms with Gasteiger partial charge < -0.3 is 24.8 Å². The Bertz CT molecular complexity index is 1520. The number of fused-ring (bicyclic) bond motifs is 3. The van der Waals surface area contributed by atoms with Gasteiger partial charge in [0.1, 0.15) is 29.2 Å². The van der Waals surface area contributed by atoms with Gasteiger partial charge >= 0.3 is 6.16 Å². The minimum Gasteiger partial charge on any atom is -0.484 e. The van der Waals surface area contributed by atoms with Crippen molar-refractivity contribution in [1.82, 2.24) is 15.7 Å². The first-order chi connectivity index (χ1) is 21.4. The lowest BCUT2D eigenvalue weighted by atomic mass is 9.59. The maximum Gasteiger partial charge on any atom is 0.534 e. The van der Waals surface area contributed by atoms with E-state index in [0.29, 0.717) is 17.9 Å². The highest BCUT2D eigenvalue weighted by Gasteiger charge is 2.58. The third-order valence-corrected chi connectivity index (χ3v) is 8.63. The van der Waals surface area contributed by atoms with Crippen LogP contribution in [0.15, 0.2) is 36.4 Å². The van der Waals surface area contributed by atoms with Crippen molar-refractivity contribution in [2.75, 3.05) is 13.2 Å². The predicted octanol–water partition coefficient (Wildman–Crippen LogP) is 4.00. The summed E-state index contributed by atoms with van der Waals surface area (Å²) in [5.41, 5.74) is -1.99. The van der Waals surface area contributed by atoms with Crippen LogP contribution in [0.1, 0.15) is 44.9 Å². The highest BCUT2D eigenvalue weighted by atomic mass is 35.5. The molecule has 3 saturated carbocycles. The smallest absolute Gasteiger partial charge is 0.484 e. The first-order valence-corrected chi connectivity index (χ1v) is 14.6. The van der Waals surface area contributed by atoms with E-state index >= 15 is 0 Å². The predicted molar refractivity (Wildman–Crippen MR) is 151 cm³/mol. The van der Waals surface area contributed by atoms with Gasteiger partial charge in [0.2, 0.25) is 0 Å².